The Morgan fingerprint density at radius 1 is 1.10 bits per heavy atom. The lowest BCUT2D eigenvalue weighted by Crippen LogP contribution is -2.46. The minimum Gasteiger partial charge on any atom is -0.344 e. The summed E-state index contributed by atoms with van der Waals surface area (Å²) in [7, 11) is 0. The van der Waals surface area contributed by atoms with Crippen LogP contribution in [0, 0.1) is 5.82 Å². The van der Waals surface area contributed by atoms with Gasteiger partial charge in [-0.3, -0.25) is 14.6 Å². The van der Waals surface area contributed by atoms with Crippen LogP contribution in [0.2, 0.25) is 5.02 Å². The van der Waals surface area contributed by atoms with E-state index in [1.807, 2.05) is 6.07 Å². The third kappa shape index (κ3) is 4.44. The van der Waals surface area contributed by atoms with Crippen LogP contribution < -0.4 is 5.32 Å². The van der Waals surface area contributed by atoms with Crippen LogP contribution in [-0.2, 0) is 16.1 Å². The molecule has 154 valence electrons. The number of piperidine rings is 1. The first-order valence-corrected chi connectivity index (χ1v) is 10.2. The SMILES string of the molecule is O=C(NCc1ccc(Cl)cc1)C(=O)N1CCC(c2ccnc3ccc(F)cc23)CC1. The van der Waals surface area contributed by atoms with Crippen LogP contribution in [0.4, 0.5) is 4.39 Å². The number of hydrogen-bond donors (Lipinski definition) is 1. The number of nitrogens with one attached hydrogen (secondary N) is 1. The summed E-state index contributed by atoms with van der Waals surface area (Å²) in [6.07, 6.45) is 3.16. The van der Waals surface area contributed by atoms with Crippen molar-refractivity contribution in [2.24, 2.45) is 0 Å². The Hall–Kier alpha value is -2.99. The van der Waals surface area contributed by atoms with Crippen molar-refractivity contribution >= 4 is 34.3 Å². The van der Waals surface area contributed by atoms with E-state index in [0.29, 0.717) is 31.0 Å². The minimum atomic E-state index is -0.611. The monoisotopic (exact) mass is 425 g/mol. The minimum absolute atomic E-state index is 0.193. The highest BCUT2D eigenvalue weighted by Gasteiger charge is 2.28. The molecule has 30 heavy (non-hydrogen) atoms. The molecule has 0 radical (unpaired) electrons. The number of halogens is 2. The van der Waals surface area contributed by atoms with Gasteiger partial charge in [-0.2, -0.15) is 0 Å². The lowest BCUT2D eigenvalue weighted by atomic mass is 9.87. The third-order valence-corrected chi connectivity index (χ3v) is 5.77. The molecule has 1 N–H and O–H groups in total. The molecule has 1 saturated heterocycles. The molecular weight excluding hydrogens is 405 g/mol. The van der Waals surface area contributed by atoms with Gasteiger partial charge in [0.1, 0.15) is 5.82 Å². The van der Waals surface area contributed by atoms with Gasteiger partial charge in [0.15, 0.2) is 0 Å². The maximum absolute atomic E-state index is 13.7. The Morgan fingerprint density at radius 3 is 2.57 bits per heavy atom. The first kappa shape index (κ1) is 20.3. The molecule has 7 heteroatoms. The number of benzene rings is 2. The van der Waals surface area contributed by atoms with Crippen molar-refractivity contribution in [1.82, 2.24) is 15.2 Å². The summed E-state index contributed by atoms with van der Waals surface area (Å²) < 4.78 is 13.7. The van der Waals surface area contributed by atoms with Crippen LogP contribution in [0.5, 0.6) is 0 Å². The highest BCUT2D eigenvalue weighted by molar-refractivity contribution is 6.35. The molecular formula is C23H21ClFN3O2. The van der Waals surface area contributed by atoms with E-state index in [0.717, 1.165) is 22.0 Å². The lowest BCUT2D eigenvalue weighted by molar-refractivity contribution is -0.146. The number of pyridine rings is 1. The van der Waals surface area contributed by atoms with Crippen molar-refractivity contribution in [2.75, 3.05) is 13.1 Å². The molecule has 0 aliphatic carbocycles. The Morgan fingerprint density at radius 2 is 1.83 bits per heavy atom. The summed E-state index contributed by atoms with van der Waals surface area (Å²) in [6.45, 7) is 1.24. The van der Waals surface area contributed by atoms with Crippen molar-refractivity contribution < 1.29 is 14.0 Å². The first-order valence-electron chi connectivity index (χ1n) is 9.87. The molecule has 0 unspecified atom stereocenters. The van der Waals surface area contributed by atoms with Crippen molar-refractivity contribution in [3.63, 3.8) is 0 Å². The molecule has 5 nitrogen and oxygen atoms in total. The van der Waals surface area contributed by atoms with Crippen LogP contribution in [-0.4, -0.2) is 34.8 Å². The number of rotatable bonds is 3. The number of nitrogens with zero attached hydrogens (tertiary/aromatic N) is 2. The van der Waals surface area contributed by atoms with Crippen LogP contribution in [0.25, 0.3) is 10.9 Å². The Kier molecular flexibility index (Phi) is 5.95. The number of amides is 2. The van der Waals surface area contributed by atoms with Crippen LogP contribution in [0.3, 0.4) is 0 Å². The van der Waals surface area contributed by atoms with Crippen molar-refractivity contribution in [3.05, 3.63) is 76.7 Å². The van der Waals surface area contributed by atoms with Crippen LogP contribution in [0.1, 0.15) is 29.9 Å². The molecule has 0 saturated carbocycles. The Labute approximate surface area is 178 Å². The molecule has 0 atom stereocenters. The lowest BCUT2D eigenvalue weighted by Gasteiger charge is -2.32. The number of likely N-dealkylation sites (tertiary alicyclic amines) is 1. The summed E-state index contributed by atoms with van der Waals surface area (Å²) in [6, 6.07) is 13.6. The standard InChI is InChI=1S/C23H21ClFN3O2/c24-17-3-1-15(2-4-17)14-27-22(29)23(30)28-11-8-16(9-12-28)19-7-10-26-21-6-5-18(25)13-20(19)21/h1-7,10,13,16H,8-9,11-12,14H2,(H,27,29). The van der Waals surface area contributed by atoms with Crippen LogP contribution in [0.15, 0.2) is 54.7 Å². The molecule has 2 amide bonds. The fourth-order valence-corrected chi connectivity index (χ4v) is 4.02. The van der Waals surface area contributed by atoms with Crippen molar-refractivity contribution in [3.8, 4) is 0 Å². The Bertz CT molecular complexity index is 1080. The third-order valence-electron chi connectivity index (χ3n) is 5.52. The van der Waals surface area contributed by atoms with E-state index in [1.54, 1.807) is 41.4 Å². The normalized spacial score (nSPS) is 14.7. The zero-order valence-corrected chi connectivity index (χ0v) is 17.0. The second kappa shape index (κ2) is 8.79. The number of carbonyl (C=O) groups excluding carboxylic acids is 2. The maximum Gasteiger partial charge on any atom is 0.311 e. The molecule has 2 heterocycles. The maximum atomic E-state index is 13.7. The number of aromatic nitrogens is 1. The smallest absolute Gasteiger partial charge is 0.311 e. The van der Waals surface area contributed by atoms with E-state index < -0.39 is 11.8 Å². The molecule has 2 aromatic carbocycles. The van der Waals surface area contributed by atoms with E-state index in [-0.39, 0.29) is 18.3 Å². The van der Waals surface area contributed by atoms with Gasteiger partial charge in [-0.25, -0.2) is 4.39 Å². The Balaban J connectivity index is 1.36. The molecule has 4 rings (SSSR count). The average Bonchev–Trinajstić information content (AvgIpc) is 2.77. The van der Waals surface area contributed by atoms with Crippen LogP contribution >= 0.6 is 11.6 Å². The first-order chi connectivity index (χ1) is 14.5. The summed E-state index contributed by atoms with van der Waals surface area (Å²) in [5, 5.41) is 4.09. The summed E-state index contributed by atoms with van der Waals surface area (Å²) >= 11 is 5.85. The molecule has 0 spiro atoms. The fraction of sp³-hybridized carbons (Fsp3) is 0.261. The van der Waals surface area contributed by atoms with E-state index >= 15 is 0 Å². The molecule has 1 aliphatic heterocycles. The van der Waals surface area contributed by atoms with Gasteiger partial charge in [0, 0.05) is 36.2 Å². The molecule has 3 aromatic rings. The van der Waals surface area contributed by atoms with Gasteiger partial charge >= 0.3 is 11.8 Å². The van der Waals surface area contributed by atoms with Gasteiger partial charge < -0.3 is 10.2 Å². The van der Waals surface area contributed by atoms with Gasteiger partial charge in [-0.05, 0) is 66.3 Å². The predicted molar refractivity (Wildman–Crippen MR) is 114 cm³/mol. The quantitative estimate of drug-likeness (QED) is 0.644. The largest absolute Gasteiger partial charge is 0.344 e. The molecule has 0 bridgehead atoms. The zero-order valence-electron chi connectivity index (χ0n) is 16.3. The van der Waals surface area contributed by atoms with E-state index in [4.69, 9.17) is 11.6 Å². The number of fused-ring (bicyclic) bond motifs is 1. The van der Waals surface area contributed by atoms with E-state index in [2.05, 4.69) is 10.3 Å². The van der Waals surface area contributed by atoms with E-state index in [1.165, 1.54) is 12.1 Å². The average molecular weight is 426 g/mol. The predicted octanol–water partition coefficient (Wildman–Crippen LogP) is 4.05. The second-order valence-electron chi connectivity index (χ2n) is 7.44. The van der Waals surface area contributed by atoms with Gasteiger partial charge in [0.2, 0.25) is 0 Å². The zero-order chi connectivity index (χ0) is 21.1. The topological polar surface area (TPSA) is 62.3 Å². The number of hydrogen-bond acceptors (Lipinski definition) is 3. The highest BCUT2D eigenvalue weighted by Crippen LogP contribution is 2.32. The highest BCUT2D eigenvalue weighted by atomic mass is 35.5. The summed E-state index contributed by atoms with van der Waals surface area (Å²) in [5.41, 5.74) is 2.67. The van der Waals surface area contributed by atoms with Gasteiger partial charge in [-0.15, -0.1) is 0 Å². The number of carbonyl (C=O) groups is 2. The molecule has 1 fully saturated rings. The fourth-order valence-electron chi connectivity index (χ4n) is 3.89. The summed E-state index contributed by atoms with van der Waals surface area (Å²) in [5.74, 6) is -1.23. The van der Waals surface area contributed by atoms with Crippen molar-refractivity contribution in [1.29, 1.82) is 0 Å². The summed E-state index contributed by atoms with van der Waals surface area (Å²) in [4.78, 5) is 30.7. The molecule has 1 aromatic heterocycles. The van der Waals surface area contributed by atoms with Crippen molar-refractivity contribution in [2.45, 2.75) is 25.3 Å². The van der Waals surface area contributed by atoms with Gasteiger partial charge in [-0.1, -0.05) is 23.7 Å². The second-order valence-corrected chi connectivity index (χ2v) is 7.87. The van der Waals surface area contributed by atoms with E-state index in [9.17, 15) is 14.0 Å². The molecule has 1 aliphatic rings. The van der Waals surface area contributed by atoms with Gasteiger partial charge in [0.05, 0.1) is 5.52 Å². The van der Waals surface area contributed by atoms with Gasteiger partial charge in [0.25, 0.3) is 0 Å².